The second-order valence-electron chi connectivity index (χ2n) is 7.24. The number of ketones is 1. The molecule has 5 rings (SSSR count). The number of hydrogen-bond donors (Lipinski definition) is 1. The molecule has 0 saturated carbocycles. The van der Waals surface area contributed by atoms with Gasteiger partial charge in [0.05, 0.1) is 21.8 Å². The molecule has 0 bridgehead atoms. The first kappa shape index (κ1) is 16.7. The predicted molar refractivity (Wildman–Crippen MR) is 111 cm³/mol. The van der Waals surface area contributed by atoms with Crippen molar-refractivity contribution >= 4 is 38.2 Å². The van der Waals surface area contributed by atoms with E-state index < -0.39 is 0 Å². The zero-order chi connectivity index (χ0) is 18.2. The van der Waals surface area contributed by atoms with Crippen molar-refractivity contribution < 1.29 is 4.79 Å². The molecule has 0 atom stereocenters. The first-order chi connectivity index (χ1) is 13.3. The summed E-state index contributed by atoms with van der Waals surface area (Å²) in [7, 11) is 0. The van der Waals surface area contributed by atoms with Crippen LogP contribution < -0.4 is 0 Å². The number of benzene rings is 2. The highest BCUT2D eigenvalue weighted by atomic mass is 32.1. The summed E-state index contributed by atoms with van der Waals surface area (Å²) in [6.07, 6.45) is 3.99. The minimum Gasteiger partial charge on any atom is -0.360 e. The highest BCUT2D eigenvalue weighted by Gasteiger charge is 2.25. The molecule has 4 aromatic rings. The highest BCUT2D eigenvalue weighted by molar-refractivity contribution is 7.18. The van der Waals surface area contributed by atoms with Crippen molar-refractivity contribution in [2.24, 2.45) is 0 Å². The molecule has 4 nitrogen and oxygen atoms in total. The zero-order valence-electron chi connectivity index (χ0n) is 15.0. The number of aromatic amines is 1. The Morgan fingerprint density at radius 2 is 1.89 bits per heavy atom. The molecular weight excluding hydrogens is 354 g/mol. The smallest absolute Gasteiger partial charge is 0.178 e. The van der Waals surface area contributed by atoms with E-state index in [1.54, 1.807) is 0 Å². The minimum absolute atomic E-state index is 0.200. The molecular formula is C22H21N3OS. The van der Waals surface area contributed by atoms with Crippen LogP contribution in [0, 0.1) is 0 Å². The first-order valence-electron chi connectivity index (χ1n) is 9.45. The molecule has 1 fully saturated rings. The largest absolute Gasteiger partial charge is 0.360 e. The van der Waals surface area contributed by atoms with E-state index in [4.69, 9.17) is 4.98 Å². The van der Waals surface area contributed by atoms with Crippen LogP contribution in [0.5, 0.6) is 0 Å². The number of likely N-dealkylation sites (tertiary alicyclic amines) is 1. The normalized spacial score (nSPS) is 16.3. The molecule has 1 saturated heterocycles. The summed E-state index contributed by atoms with van der Waals surface area (Å²) in [5.41, 5.74) is 2.93. The van der Waals surface area contributed by atoms with Crippen molar-refractivity contribution in [1.82, 2.24) is 14.9 Å². The van der Waals surface area contributed by atoms with Gasteiger partial charge in [-0.2, -0.15) is 0 Å². The molecule has 0 spiro atoms. The maximum absolute atomic E-state index is 12.8. The molecule has 2 aromatic carbocycles. The third-order valence-corrected chi connectivity index (χ3v) is 6.70. The summed E-state index contributed by atoms with van der Waals surface area (Å²) in [4.78, 5) is 23.1. The molecule has 136 valence electrons. The molecule has 1 N–H and O–H groups in total. The number of Topliss-reactive ketones (excluding diaryl/α,β-unsaturated/α-hetero) is 1. The standard InChI is InChI=1S/C22H21N3OS/c26-20(17-13-23-18-6-2-1-5-16(17)18)14-25-11-9-15(10-12-25)22-24-19-7-3-4-8-21(19)27-22/h1-8,13,15,23H,9-12,14H2. The molecule has 0 aliphatic carbocycles. The monoisotopic (exact) mass is 375 g/mol. The maximum Gasteiger partial charge on any atom is 0.178 e. The van der Waals surface area contributed by atoms with E-state index >= 15 is 0 Å². The van der Waals surface area contributed by atoms with Crippen LogP contribution >= 0.6 is 11.3 Å². The molecule has 0 amide bonds. The van der Waals surface area contributed by atoms with Gasteiger partial charge in [0.2, 0.25) is 0 Å². The molecule has 1 aliphatic heterocycles. The summed E-state index contributed by atoms with van der Waals surface area (Å²) >= 11 is 1.82. The molecule has 2 aromatic heterocycles. The van der Waals surface area contributed by atoms with Crippen LogP contribution in [-0.2, 0) is 0 Å². The van der Waals surface area contributed by atoms with Crippen molar-refractivity contribution in [2.45, 2.75) is 18.8 Å². The van der Waals surface area contributed by atoms with Gasteiger partial charge in [0.25, 0.3) is 0 Å². The van der Waals surface area contributed by atoms with Crippen molar-refractivity contribution in [3.63, 3.8) is 0 Å². The lowest BCUT2D eigenvalue weighted by atomic mass is 9.97. The van der Waals surface area contributed by atoms with Gasteiger partial charge in [0.1, 0.15) is 0 Å². The fourth-order valence-electron chi connectivity index (χ4n) is 3.99. The summed E-state index contributed by atoms with van der Waals surface area (Å²) < 4.78 is 1.27. The highest BCUT2D eigenvalue weighted by Crippen LogP contribution is 2.33. The van der Waals surface area contributed by atoms with E-state index in [0.717, 1.165) is 47.9 Å². The van der Waals surface area contributed by atoms with E-state index in [0.29, 0.717) is 12.5 Å². The number of nitrogens with one attached hydrogen (secondary N) is 1. The zero-order valence-corrected chi connectivity index (χ0v) is 15.8. The maximum atomic E-state index is 12.8. The second-order valence-corrected chi connectivity index (χ2v) is 8.30. The molecule has 3 heterocycles. The molecule has 0 radical (unpaired) electrons. The Hall–Kier alpha value is -2.50. The van der Waals surface area contributed by atoms with Crippen molar-refractivity contribution in [3.05, 3.63) is 65.3 Å². The topological polar surface area (TPSA) is 49.0 Å². The van der Waals surface area contributed by atoms with Gasteiger partial charge in [-0.1, -0.05) is 30.3 Å². The number of carbonyl (C=O) groups excluding carboxylic acids is 1. The van der Waals surface area contributed by atoms with Gasteiger partial charge in [-0.25, -0.2) is 4.98 Å². The number of fused-ring (bicyclic) bond motifs is 2. The fourth-order valence-corrected chi connectivity index (χ4v) is 5.13. The summed E-state index contributed by atoms with van der Waals surface area (Å²) in [6, 6.07) is 16.3. The van der Waals surface area contributed by atoms with Gasteiger partial charge >= 0.3 is 0 Å². The number of para-hydroxylation sites is 2. The Bertz CT molecular complexity index is 1070. The number of hydrogen-bond acceptors (Lipinski definition) is 4. The number of piperidine rings is 1. The van der Waals surface area contributed by atoms with Gasteiger partial charge < -0.3 is 4.98 Å². The third-order valence-electron chi connectivity index (χ3n) is 5.50. The Morgan fingerprint density at radius 3 is 2.74 bits per heavy atom. The number of carbonyl (C=O) groups is 1. The SMILES string of the molecule is O=C(CN1CCC(c2nc3ccccc3s2)CC1)c1c[nH]c2ccccc12. The third kappa shape index (κ3) is 3.17. The van der Waals surface area contributed by atoms with Gasteiger partial charge in [0.15, 0.2) is 5.78 Å². The quantitative estimate of drug-likeness (QED) is 0.519. The van der Waals surface area contributed by atoms with Crippen molar-refractivity contribution in [1.29, 1.82) is 0 Å². The van der Waals surface area contributed by atoms with Crippen LogP contribution in [0.25, 0.3) is 21.1 Å². The lowest BCUT2D eigenvalue weighted by Crippen LogP contribution is -2.36. The molecule has 27 heavy (non-hydrogen) atoms. The Balaban J connectivity index is 1.24. The lowest BCUT2D eigenvalue weighted by Gasteiger charge is -2.30. The van der Waals surface area contributed by atoms with Crippen LogP contribution in [-0.4, -0.2) is 40.3 Å². The van der Waals surface area contributed by atoms with Gasteiger partial charge in [0, 0.05) is 28.6 Å². The number of nitrogens with zero attached hydrogens (tertiary/aromatic N) is 2. The molecule has 1 aliphatic rings. The van der Waals surface area contributed by atoms with Crippen LogP contribution in [0.2, 0.25) is 0 Å². The van der Waals surface area contributed by atoms with Crippen molar-refractivity contribution in [2.75, 3.05) is 19.6 Å². The molecule has 0 unspecified atom stereocenters. The summed E-state index contributed by atoms with van der Waals surface area (Å²) in [5, 5.41) is 2.27. The Kier molecular flexibility index (Phi) is 4.26. The van der Waals surface area contributed by atoms with Crippen LogP contribution in [0.15, 0.2) is 54.7 Å². The number of thiazole rings is 1. The predicted octanol–water partition coefficient (Wildman–Crippen LogP) is 4.84. The minimum atomic E-state index is 0.200. The van der Waals surface area contributed by atoms with Gasteiger partial charge in [-0.05, 0) is 44.1 Å². The number of aromatic nitrogens is 2. The lowest BCUT2D eigenvalue weighted by molar-refractivity contribution is 0.0911. The Labute approximate surface area is 161 Å². The second kappa shape index (κ2) is 6.91. The fraction of sp³-hybridized carbons (Fsp3) is 0.273. The van der Waals surface area contributed by atoms with Crippen LogP contribution in [0.4, 0.5) is 0 Å². The number of H-pyrrole nitrogens is 1. The van der Waals surface area contributed by atoms with Gasteiger partial charge in [-0.15, -0.1) is 11.3 Å². The number of rotatable bonds is 4. The van der Waals surface area contributed by atoms with Crippen LogP contribution in [0.1, 0.15) is 34.1 Å². The average Bonchev–Trinajstić information content (AvgIpc) is 3.33. The van der Waals surface area contributed by atoms with Crippen LogP contribution in [0.3, 0.4) is 0 Å². The van der Waals surface area contributed by atoms with E-state index in [2.05, 4.69) is 28.1 Å². The van der Waals surface area contributed by atoms with Gasteiger partial charge in [-0.3, -0.25) is 9.69 Å². The first-order valence-corrected chi connectivity index (χ1v) is 10.3. The van der Waals surface area contributed by atoms with E-state index in [1.807, 2.05) is 47.9 Å². The average molecular weight is 375 g/mol. The van der Waals surface area contributed by atoms with Crippen molar-refractivity contribution in [3.8, 4) is 0 Å². The van der Waals surface area contributed by atoms with E-state index in [1.165, 1.54) is 9.71 Å². The van der Waals surface area contributed by atoms with E-state index in [9.17, 15) is 4.79 Å². The summed E-state index contributed by atoms with van der Waals surface area (Å²) in [5.74, 6) is 0.715. The molecule has 5 heteroatoms. The Morgan fingerprint density at radius 1 is 1.11 bits per heavy atom. The summed E-state index contributed by atoms with van der Waals surface area (Å²) in [6.45, 7) is 2.40. The van der Waals surface area contributed by atoms with E-state index in [-0.39, 0.29) is 5.78 Å².